The van der Waals surface area contributed by atoms with E-state index < -0.39 is 0 Å². The van der Waals surface area contributed by atoms with Gasteiger partial charge in [0.05, 0.1) is 20.3 Å². The van der Waals surface area contributed by atoms with Gasteiger partial charge < -0.3 is 14.6 Å². The van der Waals surface area contributed by atoms with Gasteiger partial charge in [0, 0.05) is 10.4 Å². The number of halogens is 1. The summed E-state index contributed by atoms with van der Waals surface area (Å²) in [4.78, 5) is 0. The van der Waals surface area contributed by atoms with Crippen molar-refractivity contribution in [3.63, 3.8) is 0 Å². The zero-order valence-corrected chi connectivity index (χ0v) is 13.5. The highest BCUT2D eigenvalue weighted by molar-refractivity contribution is 9.10. The number of rotatable bonds is 7. The molecule has 0 saturated heterocycles. The van der Waals surface area contributed by atoms with Crippen molar-refractivity contribution in [2.24, 2.45) is 0 Å². The number of aliphatic hydroxyl groups is 1. The summed E-state index contributed by atoms with van der Waals surface area (Å²) in [6, 6.07) is 15.5. The Morgan fingerprint density at radius 2 is 1.81 bits per heavy atom. The molecule has 2 aromatic carbocycles. The topological polar surface area (TPSA) is 38.7 Å². The van der Waals surface area contributed by atoms with Crippen molar-refractivity contribution in [2.75, 3.05) is 20.3 Å². The van der Waals surface area contributed by atoms with Crippen molar-refractivity contribution < 1.29 is 14.6 Å². The predicted octanol–water partition coefficient (Wildman–Crippen LogP) is 4.00. The number of hydrogen-bond donors (Lipinski definition) is 1. The molecule has 0 aliphatic rings. The van der Waals surface area contributed by atoms with Crippen molar-refractivity contribution in [1.29, 1.82) is 0 Å². The minimum Gasteiger partial charge on any atom is -0.497 e. The molecule has 1 atom stereocenters. The molecule has 0 heterocycles. The molecule has 0 fully saturated rings. The number of ether oxygens (including phenoxy) is 2. The lowest BCUT2D eigenvalue weighted by molar-refractivity contribution is 0.229. The molecule has 112 valence electrons. The Balaban J connectivity index is 1.88. The summed E-state index contributed by atoms with van der Waals surface area (Å²) < 4.78 is 11.8. The lowest BCUT2D eigenvalue weighted by atomic mass is 9.97. The van der Waals surface area contributed by atoms with Crippen LogP contribution in [-0.2, 0) is 0 Å². The summed E-state index contributed by atoms with van der Waals surface area (Å²) in [7, 11) is 1.64. The molecule has 21 heavy (non-hydrogen) atoms. The second kappa shape index (κ2) is 8.05. The van der Waals surface area contributed by atoms with Crippen LogP contribution in [0.3, 0.4) is 0 Å². The smallest absolute Gasteiger partial charge is 0.119 e. The molecule has 0 amide bonds. The van der Waals surface area contributed by atoms with Crippen LogP contribution in [0.1, 0.15) is 17.9 Å². The lowest BCUT2D eigenvalue weighted by Crippen LogP contribution is -2.09. The fourth-order valence-corrected chi connectivity index (χ4v) is 2.53. The first-order chi connectivity index (χ1) is 10.2. The Labute approximate surface area is 133 Å². The van der Waals surface area contributed by atoms with Crippen molar-refractivity contribution in [3.8, 4) is 11.5 Å². The highest BCUT2D eigenvalue weighted by Crippen LogP contribution is 2.23. The van der Waals surface area contributed by atoms with Gasteiger partial charge in [0.1, 0.15) is 11.5 Å². The molecule has 1 unspecified atom stereocenters. The average Bonchev–Trinajstić information content (AvgIpc) is 2.52. The Kier molecular flexibility index (Phi) is 6.08. The minimum atomic E-state index is 0.0840. The number of hydrogen-bond acceptors (Lipinski definition) is 3. The van der Waals surface area contributed by atoms with Crippen molar-refractivity contribution in [1.82, 2.24) is 0 Å². The molecule has 1 N–H and O–H groups in total. The van der Waals surface area contributed by atoms with Crippen LogP contribution in [0.15, 0.2) is 53.0 Å². The first-order valence-corrected chi connectivity index (χ1v) is 7.65. The second-order valence-corrected chi connectivity index (χ2v) is 5.66. The molecular formula is C17H19BrO3. The summed E-state index contributed by atoms with van der Waals surface area (Å²) >= 11 is 3.45. The van der Waals surface area contributed by atoms with Gasteiger partial charge in [0.15, 0.2) is 0 Å². The summed E-state index contributed by atoms with van der Waals surface area (Å²) in [5.41, 5.74) is 1.12. The second-order valence-electron chi connectivity index (χ2n) is 4.75. The fraction of sp³-hybridized carbons (Fsp3) is 0.294. The molecule has 3 nitrogen and oxygen atoms in total. The highest BCUT2D eigenvalue weighted by atomic mass is 79.9. The Hall–Kier alpha value is -1.52. The quantitative estimate of drug-likeness (QED) is 0.819. The van der Waals surface area contributed by atoms with Gasteiger partial charge in [-0.2, -0.15) is 0 Å². The van der Waals surface area contributed by atoms with Crippen molar-refractivity contribution in [2.45, 2.75) is 12.3 Å². The van der Waals surface area contributed by atoms with Gasteiger partial charge in [-0.1, -0.05) is 28.1 Å². The van der Waals surface area contributed by atoms with E-state index in [1.807, 2.05) is 48.5 Å². The van der Waals surface area contributed by atoms with E-state index in [4.69, 9.17) is 9.47 Å². The third-order valence-corrected chi connectivity index (χ3v) is 3.83. The SMILES string of the molecule is COc1ccc(OCCC(CO)c2cccc(Br)c2)cc1. The number of benzene rings is 2. The Bertz CT molecular complexity index is 554. The van der Waals surface area contributed by atoms with E-state index in [0.717, 1.165) is 28.0 Å². The predicted molar refractivity (Wildman–Crippen MR) is 87.1 cm³/mol. The zero-order chi connectivity index (χ0) is 15.1. The normalized spacial score (nSPS) is 12.0. The van der Waals surface area contributed by atoms with Gasteiger partial charge >= 0.3 is 0 Å². The minimum absolute atomic E-state index is 0.0840. The van der Waals surface area contributed by atoms with Crippen LogP contribution in [0, 0.1) is 0 Å². The van der Waals surface area contributed by atoms with Crippen LogP contribution in [0.2, 0.25) is 0 Å². The summed E-state index contributed by atoms with van der Waals surface area (Å²) in [6.45, 7) is 0.673. The van der Waals surface area contributed by atoms with Crippen molar-refractivity contribution in [3.05, 3.63) is 58.6 Å². The average molecular weight is 351 g/mol. The molecule has 0 spiro atoms. The van der Waals surface area contributed by atoms with Gasteiger partial charge in [-0.25, -0.2) is 0 Å². The summed E-state index contributed by atoms with van der Waals surface area (Å²) in [6.07, 6.45) is 0.763. The molecule has 0 aliphatic heterocycles. The zero-order valence-electron chi connectivity index (χ0n) is 12.0. The molecule has 0 aromatic heterocycles. The molecule has 4 heteroatoms. The molecule has 0 aliphatic carbocycles. The lowest BCUT2D eigenvalue weighted by Gasteiger charge is -2.15. The molecule has 0 bridgehead atoms. The van der Waals surface area contributed by atoms with Crippen LogP contribution in [-0.4, -0.2) is 25.4 Å². The monoisotopic (exact) mass is 350 g/mol. The third-order valence-electron chi connectivity index (χ3n) is 3.33. The summed E-state index contributed by atoms with van der Waals surface area (Å²) in [5.74, 6) is 1.70. The number of methoxy groups -OCH3 is 1. The van der Waals surface area contributed by atoms with Gasteiger partial charge in [-0.15, -0.1) is 0 Å². The Morgan fingerprint density at radius 3 is 2.43 bits per heavy atom. The molecule has 0 radical (unpaired) electrons. The van der Waals surface area contributed by atoms with Crippen molar-refractivity contribution >= 4 is 15.9 Å². The largest absolute Gasteiger partial charge is 0.497 e. The van der Waals surface area contributed by atoms with Gasteiger partial charge in [-0.3, -0.25) is 0 Å². The first-order valence-electron chi connectivity index (χ1n) is 6.86. The third kappa shape index (κ3) is 4.76. The van der Waals surface area contributed by atoms with Crippen LogP contribution in [0.4, 0.5) is 0 Å². The standard InChI is InChI=1S/C17H19BrO3/c1-20-16-5-7-17(8-6-16)21-10-9-14(12-19)13-3-2-4-15(18)11-13/h2-8,11,14,19H,9-10,12H2,1H3. The highest BCUT2D eigenvalue weighted by Gasteiger charge is 2.11. The maximum Gasteiger partial charge on any atom is 0.119 e. The summed E-state index contributed by atoms with van der Waals surface area (Å²) in [5, 5.41) is 9.55. The van der Waals surface area contributed by atoms with E-state index in [-0.39, 0.29) is 12.5 Å². The van der Waals surface area contributed by atoms with E-state index in [0.29, 0.717) is 6.61 Å². The van der Waals surface area contributed by atoms with E-state index in [2.05, 4.69) is 15.9 Å². The van der Waals surface area contributed by atoms with E-state index in [9.17, 15) is 5.11 Å². The fourth-order valence-electron chi connectivity index (χ4n) is 2.11. The molecule has 0 saturated carbocycles. The van der Waals surface area contributed by atoms with E-state index in [1.54, 1.807) is 7.11 Å². The maximum absolute atomic E-state index is 9.55. The van der Waals surface area contributed by atoms with Gasteiger partial charge in [-0.05, 0) is 48.4 Å². The van der Waals surface area contributed by atoms with Crippen LogP contribution in [0.25, 0.3) is 0 Å². The number of aliphatic hydroxyl groups excluding tert-OH is 1. The molecule has 2 rings (SSSR count). The molecule has 2 aromatic rings. The van der Waals surface area contributed by atoms with Crippen LogP contribution >= 0.6 is 15.9 Å². The van der Waals surface area contributed by atoms with E-state index in [1.165, 1.54) is 0 Å². The van der Waals surface area contributed by atoms with Crippen LogP contribution < -0.4 is 9.47 Å². The first kappa shape index (κ1) is 15.9. The molecular weight excluding hydrogens is 332 g/mol. The Morgan fingerprint density at radius 1 is 1.10 bits per heavy atom. The van der Waals surface area contributed by atoms with Crippen LogP contribution in [0.5, 0.6) is 11.5 Å². The van der Waals surface area contributed by atoms with Gasteiger partial charge in [0.25, 0.3) is 0 Å². The maximum atomic E-state index is 9.55. The van der Waals surface area contributed by atoms with E-state index >= 15 is 0 Å². The van der Waals surface area contributed by atoms with Gasteiger partial charge in [0.2, 0.25) is 0 Å².